The number of fused-ring (bicyclic) bond motifs is 2. The zero-order valence-corrected chi connectivity index (χ0v) is 11.3. The van der Waals surface area contributed by atoms with E-state index in [1.807, 2.05) is 0 Å². The summed E-state index contributed by atoms with van der Waals surface area (Å²) in [5.74, 6) is 1.16. The van der Waals surface area contributed by atoms with Gasteiger partial charge in [-0.25, -0.2) is 0 Å². The molecule has 2 aliphatic rings. The van der Waals surface area contributed by atoms with Crippen LogP contribution < -0.4 is 0 Å². The van der Waals surface area contributed by atoms with Gasteiger partial charge in [-0.05, 0) is 44.8 Å². The maximum atomic E-state index is 10.8. The molecule has 0 spiro atoms. The van der Waals surface area contributed by atoms with E-state index in [0.29, 0.717) is 11.8 Å². The molecule has 2 heteroatoms. The SMILES string of the molecule is CN(C)C[C@@H]1C2CCC(c3ccccc3)(C2)[C@@H]1O. The van der Waals surface area contributed by atoms with Gasteiger partial charge in [0.25, 0.3) is 0 Å². The van der Waals surface area contributed by atoms with Crippen LogP contribution in [-0.4, -0.2) is 36.8 Å². The summed E-state index contributed by atoms with van der Waals surface area (Å²) < 4.78 is 0. The second-order valence-corrected chi connectivity index (χ2v) is 6.40. The summed E-state index contributed by atoms with van der Waals surface area (Å²) in [4.78, 5) is 2.22. The molecule has 1 aromatic rings. The lowest BCUT2D eigenvalue weighted by molar-refractivity contribution is 0.0288. The average molecular weight is 245 g/mol. The van der Waals surface area contributed by atoms with Crippen LogP contribution in [0.1, 0.15) is 24.8 Å². The molecule has 0 radical (unpaired) electrons. The lowest BCUT2D eigenvalue weighted by atomic mass is 9.72. The molecule has 2 unspecified atom stereocenters. The minimum atomic E-state index is -0.166. The number of hydrogen-bond acceptors (Lipinski definition) is 2. The lowest BCUT2D eigenvalue weighted by Gasteiger charge is -2.37. The molecule has 0 heterocycles. The topological polar surface area (TPSA) is 23.5 Å². The van der Waals surface area contributed by atoms with Gasteiger partial charge in [-0.2, -0.15) is 0 Å². The molecular weight excluding hydrogens is 222 g/mol. The highest BCUT2D eigenvalue weighted by Gasteiger charge is 2.57. The number of aliphatic hydroxyl groups is 1. The van der Waals surface area contributed by atoms with Crippen molar-refractivity contribution in [3.8, 4) is 0 Å². The number of aliphatic hydroxyl groups excluding tert-OH is 1. The quantitative estimate of drug-likeness (QED) is 0.883. The Bertz CT molecular complexity index is 416. The number of hydrogen-bond donors (Lipinski definition) is 1. The third kappa shape index (κ3) is 1.70. The highest BCUT2D eigenvalue weighted by molar-refractivity contribution is 5.32. The second-order valence-electron chi connectivity index (χ2n) is 6.40. The summed E-state index contributed by atoms with van der Waals surface area (Å²) in [5.41, 5.74) is 1.40. The maximum absolute atomic E-state index is 10.8. The van der Waals surface area contributed by atoms with Gasteiger partial charge in [-0.3, -0.25) is 0 Å². The molecule has 1 aromatic carbocycles. The molecule has 2 aliphatic carbocycles. The lowest BCUT2D eigenvalue weighted by Crippen LogP contribution is -2.43. The first kappa shape index (κ1) is 12.2. The smallest absolute Gasteiger partial charge is 0.0679 e. The first-order valence-corrected chi connectivity index (χ1v) is 7.02. The maximum Gasteiger partial charge on any atom is 0.0679 e. The Labute approximate surface area is 110 Å². The Morgan fingerprint density at radius 2 is 2.00 bits per heavy atom. The van der Waals surface area contributed by atoms with E-state index in [1.165, 1.54) is 18.4 Å². The van der Waals surface area contributed by atoms with Crippen molar-refractivity contribution in [3.63, 3.8) is 0 Å². The van der Waals surface area contributed by atoms with Gasteiger partial charge >= 0.3 is 0 Å². The highest BCUT2D eigenvalue weighted by atomic mass is 16.3. The van der Waals surface area contributed by atoms with Crippen LogP contribution in [0.3, 0.4) is 0 Å². The fourth-order valence-electron chi connectivity index (χ4n) is 4.29. The molecule has 2 fully saturated rings. The molecule has 3 rings (SSSR count). The summed E-state index contributed by atoms with van der Waals surface area (Å²) in [5, 5.41) is 10.8. The van der Waals surface area contributed by atoms with E-state index < -0.39 is 0 Å². The molecule has 98 valence electrons. The third-order valence-corrected chi connectivity index (χ3v) is 5.09. The largest absolute Gasteiger partial charge is 0.392 e. The van der Waals surface area contributed by atoms with Gasteiger partial charge < -0.3 is 10.0 Å². The molecule has 18 heavy (non-hydrogen) atoms. The second kappa shape index (κ2) is 4.36. The van der Waals surface area contributed by atoms with E-state index >= 15 is 0 Å². The van der Waals surface area contributed by atoms with Gasteiger partial charge in [0, 0.05) is 17.9 Å². The van der Waals surface area contributed by atoms with E-state index in [2.05, 4.69) is 49.3 Å². The molecule has 2 nitrogen and oxygen atoms in total. The molecule has 2 bridgehead atoms. The number of nitrogens with zero attached hydrogens (tertiary/aromatic N) is 1. The van der Waals surface area contributed by atoms with Crippen molar-refractivity contribution in [1.29, 1.82) is 0 Å². The minimum absolute atomic E-state index is 0.0482. The van der Waals surface area contributed by atoms with Crippen molar-refractivity contribution in [2.24, 2.45) is 11.8 Å². The fraction of sp³-hybridized carbons (Fsp3) is 0.625. The van der Waals surface area contributed by atoms with E-state index in [4.69, 9.17) is 0 Å². The van der Waals surface area contributed by atoms with Crippen molar-refractivity contribution < 1.29 is 5.11 Å². The van der Waals surface area contributed by atoms with Crippen LogP contribution in [0.15, 0.2) is 30.3 Å². The van der Waals surface area contributed by atoms with Crippen LogP contribution in [-0.2, 0) is 5.41 Å². The molecule has 0 aromatic heterocycles. The van der Waals surface area contributed by atoms with Crippen molar-refractivity contribution in [2.75, 3.05) is 20.6 Å². The van der Waals surface area contributed by atoms with Crippen LogP contribution in [0, 0.1) is 11.8 Å². The Kier molecular flexibility index (Phi) is 2.95. The minimum Gasteiger partial charge on any atom is -0.392 e. The molecule has 4 atom stereocenters. The van der Waals surface area contributed by atoms with Gasteiger partial charge in [-0.15, -0.1) is 0 Å². The van der Waals surface area contributed by atoms with Crippen LogP contribution in [0.25, 0.3) is 0 Å². The van der Waals surface area contributed by atoms with Crippen molar-refractivity contribution in [3.05, 3.63) is 35.9 Å². The van der Waals surface area contributed by atoms with Gasteiger partial charge in [0.1, 0.15) is 0 Å². The molecule has 0 amide bonds. The van der Waals surface area contributed by atoms with E-state index in [1.54, 1.807) is 0 Å². The monoisotopic (exact) mass is 245 g/mol. The molecule has 0 aliphatic heterocycles. The zero-order valence-electron chi connectivity index (χ0n) is 11.3. The summed E-state index contributed by atoms with van der Waals surface area (Å²) >= 11 is 0. The highest BCUT2D eigenvalue weighted by Crippen LogP contribution is 2.58. The number of benzene rings is 1. The molecule has 2 saturated carbocycles. The van der Waals surface area contributed by atoms with Crippen LogP contribution >= 0.6 is 0 Å². The summed E-state index contributed by atoms with van der Waals surface area (Å²) in [6, 6.07) is 10.7. The average Bonchev–Trinajstić information content (AvgIpc) is 2.91. The Hall–Kier alpha value is -0.860. The van der Waals surface area contributed by atoms with Gasteiger partial charge in [-0.1, -0.05) is 30.3 Å². The van der Waals surface area contributed by atoms with Crippen molar-refractivity contribution in [1.82, 2.24) is 4.90 Å². The first-order chi connectivity index (χ1) is 8.63. The zero-order chi connectivity index (χ0) is 12.8. The standard InChI is InChI=1S/C16H23NO/c1-17(2)11-14-12-8-9-16(10-12,15(14)18)13-6-4-3-5-7-13/h3-7,12,14-15,18H,8-11H2,1-2H3/t12?,14-,15-,16?/m1/s1. The van der Waals surface area contributed by atoms with Crippen molar-refractivity contribution >= 4 is 0 Å². The van der Waals surface area contributed by atoms with Gasteiger partial charge in [0.05, 0.1) is 6.10 Å². The normalized spacial score (nSPS) is 38.6. The molecular formula is C16H23NO. The van der Waals surface area contributed by atoms with Crippen LogP contribution in [0.2, 0.25) is 0 Å². The number of rotatable bonds is 3. The van der Waals surface area contributed by atoms with E-state index in [9.17, 15) is 5.11 Å². The van der Waals surface area contributed by atoms with Gasteiger partial charge in [0.2, 0.25) is 0 Å². The van der Waals surface area contributed by atoms with Gasteiger partial charge in [0.15, 0.2) is 0 Å². The third-order valence-electron chi connectivity index (χ3n) is 5.09. The summed E-state index contributed by atoms with van der Waals surface area (Å²) in [6.07, 6.45) is 3.45. The Balaban J connectivity index is 1.90. The predicted octanol–water partition coefficient (Wildman–Crippen LogP) is 2.28. The van der Waals surface area contributed by atoms with E-state index in [0.717, 1.165) is 13.0 Å². The van der Waals surface area contributed by atoms with E-state index in [-0.39, 0.29) is 11.5 Å². The fourth-order valence-corrected chi connectivity index (χ4v) is 4.29. The predicted molar refractivity (Wildman–Crippen MR) is 73.5 cm³/mol. The summed E-state index contributed by atoms with van der Waals surface area (Å²) in [6.45, 7) is 1.01. The summed E-state index contributed by atoms with van der Waals surface area (Å²) in [7, 11) is 4.21. The van der Waals surface area contributed by atoms with Crippen LogP contribution in [0.5, 0.6) is 0 Å². The Morgan fingerprint density at radius 3 is 2.67 bits per heavy atom. The first-order valence-electron chi connectivity index (χ1n) is 7.02. The van der Waals surface area contributed by atoms with Crippen molar-refractivity contribution in [2.45, 2.75) is 30.8 Å². The van der Waals surface area contributed by atoms with Crippen LogP contribution in [0.4, 0.5) is 0 Å². The Morgan fingerprint density at radius 1 is 1.28 bits per heavy atom. The molecule has 1 N–H and O–H groups in total. The molecule has 0 saturated heterocycles.